The number of benzene rings is 2. The first-order valence-corrected chi connectivity index (χ1v) is 10.1. The molecule has 1 aliphatic rings. The van der Waals surface area contributed by atoms with E-state index in [1.807, 2.05) is 24.3 Å². The van der Waals surface area contributed by atoms with Crippen LogP contribution in [0, 0.1) is 0 Å². The molecule has 1 aliphatic heterocycles. The Kier molecular flexibility index (Phi) is 6.26. The van der Waals surface area contributed by atoms with Crippen LogP contribution in [0.3, 0.4) is 0 Å². The van der Waals surface area contributed by atoms with Gasteiger partial charge in [-0.25, -0.2) is 0 Å². The van der Waals surface area contributed by atoms with Crippen LogP contribution < -0.4 is 4.74 Å². The van der Waals surface area contributed by atoms with E-state index in [4.69, 9.17) is 4.74 Å². The number of likely N-dealkylation sites (tertiary alicyclic amines) is 1. The summed E-state index contributed by atoms with van der Waals surface area (Å²) in [6.45, 7) is 7.47. The zero-order chi connectivity index (χ0) is 21.0. The fourth-order valence-electron chi connectivity index (χ4n) is 3.78. The first kappa shape index (κ1) is 20.9. The van der Waals surface area contributed by atoms with Gasteiger partial charge in [0.05, 0.1) is 0 Å². The van der Waals surface area contributed by atoms with E-state index in [0.29, 0.717) is 31.5 Å². The van der Waals surface area contributed by atoms with Gasteiger partial charge in [-0.05, 0) is 22.6 Å². The van der Waals surface area contributed by atoms with Gasteiger partial charge in [0.1, 0.15) is 11.9 Å². The third-order valence-electron chi connectivity index (χ3n) is 5.37. The Labute approximate surface area is 172 Å². The van der Waals surface area contributed by atoms with Crippen molar-refractivity contribution in [1.29, 1.82) is 0 Å². The van der Waals surface area contributed by atoms with Gasteiger partial charge < -0.3 is 14.7 Å². The molecule has 3 rings (SSSR count). The minimum absolute atomic E-state index is 0.0162. The van der Waals surface area contributed by atoms with Gasteiger partial charge in [0.25, 0.3) is 0 Å². The minimum atomic E-state index is -1.16. The van der Waals surface area contributed by atoms with E-state index in [2.05, 4.69) is 26.8 Å². The van der Waals surface area contributed by atoms with Crippen LogP contribution in [-0.2, 0) is 15.0 Å². The number of hydrogen-bond acceptors (Lipinski definition) is 3. The van der Waals surface area contributed by atoms with Gasteiger partial charge in [-0.2, -0.15) is 0 Å². The van der Waals surface area contributed by atoms with Gasteiger partial charge in [-0.15, -0.1) is 0 Å². The molecule has 1 N–H and O–H groups in total. The van der Waals surface area contributed by atoms with Crippen LogP contribution in [0.15, 0.2) is 54.6 Å². The lowest BCUT2D eigenvalue weighted by Gasteiger charge is -2.34. The Bertz CT molecular complexity index is 849. The number of carboxylic acids is 1. The zero-order valence-corrected chi connectivity index (χ0v) is 17.3. The molecular weight excluding hydrogens is 366 g/mol. The molecule has 1 fully saturated rings. The predicted octanol–water partition coefficient (Wildman–Crippen LogP) is 4.22. The van der Waals surface area contributed by atoms with Crippen LogP contribution in [0.1, 0.15) is 50.7 Å². The molecule has 1 unspecified atom stereocenters. The molecule has 2 aromatic carbocycles. The second kappa shape index (κ2) is 8.68. The molecule has 0 saturated carbocycles. The second-order valence-electron chi connectivity index (χ2n) is 8.57. The lowest BCUT2D eigenvalue weighted by Crippen LogP contribution is -2.45. The van der Waals surface area contributed by atoms with E-state index in [-0.39, 0.29) is 17.4 Å². The maximum Gasteiger partial charge on any atom is 0.320 e. The molecule has 1 atom stereocenters. The van der Waals surface area contributed by atoms with Crippen molar-refractivity contribution in [2.45, 2.75) is 51.0 Å². The average molecular weight is 395 g/mol. The van der Waals surface area contributed by atoms with Crippen molar-refractivity contribution in [2.75, 3.05) is 13.1 Å². The summed E-state index contributed by atoms with van der Waals surface area (Å²) in [5, 5.41) is 9.61. The molecule has 1 saturated heterocycles. The summed E-state index contributed by atoms with van der Waals surface area (Å²) < 4.78 is 6.28. The van der Waals surface area contributed by atoms with Gasteiger partial charge in [-0.1, -0.05) is 69.3 Å². The molecule has 5 nitrogen and oxygen atoms in total. The standard InChI is InChI=1S/C24H29NO4/c1-24(2,3)19-11-7-8-12-20(19)29-18-13-15-25(16-14-18)22(26)21(23(27)28)17-9-5-4-6-10-17/h4-12,18,21H,13-16H2,1-3H3,(H,27,28). The summed E-state index contributed by atoms with van der Waals surface area (Å²) in [5.41, 5.74) is 1.66. The topological polar surface area (TPSA) is 66.8 Å². The van der Waals surface area contributed by atoms with Crippen molar-refractivity contribution in [2.24, 2.45) is 0 Å². The molecule has 29 heavy (non-hydrogen) atoms. The maximum absolute atomic E-state index is 12.9. The molecular formula is C24H29NO4. The van der Waals surface area contributed by atoms with E-state index in [0.717, 1.165) is 11.3 Å². The summed E-state index contributed by atoms with van der Waals surface area (Å²) in [4.78, 5) is 26.3. The molecule has 1 amide bonds. The molecule has 2 aromatic rings. The largest absolute Gasteiger partial charge is 0.490 e. The summed E-state index contributed by atoms with van der Waals surface area (Å²) >= 11 is 0. The zero-order valence-electron chi connectivity index (χ0n) is 17.3. The molecule has 0 spiro atoms. The second-order valence-corrected chi connectivity index (χ2v) is 8.57. The number of para-hydroxylation sites is 1. The Morgan fingerprint density at radius 3 is 2.17 bits per heavy atom. The number of carboxylic acid groups (broad SMARTS) is 1. The number of carbonyl (C=O) groups excluding carboxylic acids is 1. The van der Waals surface area contributed by atoms with Crippen LogP contribution in [0.5, 0.6) is 5.75 Å². The van der Waals surface area contributed by atoms with Crippen LogP contribution in [0.2, 0.25) is 0 Å². The van der Waals surface area contributed by atoms with Crippen molar-refractivity contribution in [3.8, 4) is 5.75 Å². The van der Waals surface area contributed by atoms with Gasteiger partial charge in [-0.3, -0.25) is 9.59 Å². The fraction of sp³-hybridized carbons (Fsp3) is 0.417. The maximum atomic E-state index is 12.9. The van der Waals surface area contributed by atoms with Gasteiger partial charge >= 0.3 is 5.97 Å². The molecule has 1 heterocycles. The Balaban J connectivity index is 1.65. The number of piperidine rings is 1. The van der Waals surface area contributed by atoms with E-state index in [1.54, 1.807) is 29.2 Å². The lowest BCUT2D eigenvalue weighted by molar-refractivity contribution is -0.147. The van der Waals surface area contributed by atoms with Crippen LogP contribution >= 0.6 is 0 Å². The normalized spacial score (nSPS) is 16.3. The van der Waals surface area contributed by atoms with Crippen LogP contribution in [-0.4, -0.2) is 41.1 Å². The van der Waals surface area contributed by atoms with Crippen molar-refractivity contribution >= 4 is 11.9 Å². The van der Waals surface area contributed by atoms with Crippen molar-refractivity contribution < 1.29 is 19.4 Å². The van der Waals surface area contributed by atoms with Crippen LogP contribution in [0.4, 0.5) is 0 Å². The number of amides is 1. The number of ether oxygens (including phenoxy) is 1. The summed E-state index contributed by atoms with van der Waals surface area (Å²) in [6, 6.07) is 16.8. The highest BCUT2D eigenvalue weighted by Crippen LogP contribution is 2.33. The average Bonchev–Trinajstić information content (AvgIpc) is 2.69. The molecule has 0 aliphatic carbocycles. The monoisotopic (exact) mass is 395 g/mol. The van der Waals surface area contributed by atoms with E-state index >= 15 is 0 Å². The van der Waals surface area contributed by atoms with Crippen LogP contribution in [0.25, 0.3) is 0 Å². The highest BCUT2D eigenvalue weighted by molar-refractivity contribution is 6.02. The number of nitrogens with zero attached hydrogens (tertiary/aromatic N) is 1. The van der Waals surface area contributed by atoms with Gasteiger partial charge in [0, 0.05) is 25.9 Å². The summed E-state index contributed by atoms with van der Waals surface area (Å²) in [7, 11) is 0. The Morgan fingerprint density at radius 2 is 1.59 bits per heavy atom. The number of rotatable bonds is 5. The molecule has 0 bridgehead atoms. The molecule has 0 radical (unpaired) electrons. The smallest absolute Gasteiger partial charge is 0.320 e. The van der Waals surface area contributed by atoms with E-state index < -0.39 is 11.9 Å². The highest BCUT2D eigenvalue weighted by atomic mass is 16.5. The number of hydrogen-bond donors (Lipinski definition) is 1. The predicted molar refractivity (Wildman–Crippen MR) is 112 cm³/mol. The lowest BCUT2D eigenvalue weighted by atomic mass is 9.86. The van der Waals surface area contributed by atoms with E-state index in [9.17, 15) is 14.7 Å². The van der Waals surface area contributed by atoms with Gasteiger partial charge in [0.15, 0.2) is 5.92 Å². The first-order chi connectivity index (χ1) is 13.8. The third kappa shape index (κ3) is 4.97. The SMILES string of the molecule is CC(C)(C)c1ccccc1OC1CCN(C(=O)C(C(=O)O)c2ccccc2)CC1. The van der Waals surface area contributed by atoms with Crippen molar-refractivity contribution in [1.82, 2.24) is 4.90 Å². The molecule has 5 heteroatoms. The van der Waals surface area contributed by atoms with E-state index in [1.165, 1.54) is 0 Å². The Morgan fingerprint density at radius 1 is 1.00 bits per heavy atom. The minimum Gasteiger partial charge on any atom is -0.490 e. The van der Waals surface area contributed by atoms with Crippen molar-refractivity contribution in [3.05, 3.63) is 65.7 Å². The summed E-state index contributed by atoms with van der Waals surface area (Å²) in [6.07, 6.45) is 1.39. The van der Waals surface area contributed by atoms with Crippen molar-refractivity contribution in [3.63, 3.8) is 0 Å². The molecule has 0 aromatic heterocycles. The highest BCUT2D eigenvalue weighted by Gasteiger charge is 2.34. The quantitative estimate of drug-likeness (QED) is 0.770. The third-order valence-corrected chi connectivity index (χ3v) is 5.37. The Hall–Kier alpha value is -2.82. The first-order valence-electron chi connectivity index (χ1n) is 10.1. The van der Waals surface area contributed by atoms with Gasteiger partial charge in [0.2, 0.25) is 5.91 Å². The summed E-state index contributed by atoms with van der Waals surface area (Å²) in [5.74, 6) is -1.73. The number of aliphatic carboxylic acids is 1. The fourth-order valence-corrected chi connectivity index (χ4v) is 3.78. The molecule has 154 valence electrons. The number of carbonyl (C=O) groups is 2.